The van der Waals surface area contributed by atoms with Crippen molar-refractivity contribution in [2.45, 2.75) is 13.5 Å². The van der Waals surface area contributed by atoms with Gasteiger partial charge in [0.15, 0.2) is 0 Å². The minimum absolute atomic E-state index is 0.00408. The molecule has 4 nitrogen and oxygen atoms in total. The number of halogens is 1. The maximum absolute atomic E-state index is 11.7. The molecule has 0 spiro atoms. The molecule has 0 saturated carbocycles. The quantitative estimate of drug-likeness (QED) is 0.869. The standard InChI is InChI=1S/C13H14ClNO3/c1-8-5-9-10(13(17)18-2)7-15(3-4-16)12(9)6-11(8)14/h5-7,16H,3-4H2,1-2H3. The van der Waals surface area contributed by atoms with Crippen LogP contribution in [0.2, 0.25) is 5.02 Å². The lowest BCUT2D eigenvalue weighted by Gasteiger charge is -2.04. The maximum Gasteiger partial charge on any atom is 0.340 e. The average molecular weight is 268 g/mol. The van der Waals surface area contributed by atoms with Gasteiger partial charge < -0.3 is 14.4 Å². The number of aliphatic hydroxyl groups excluding tert-OH is 1. The van der Waals surface area contributed by atoms with Crippen LogP contribution >= 0.6 is 11.6 Å². The van der Waals surface area contributed by atoms with Crippen LogP contribution in [0.25, 0.3) is 10.9 Å². The Morgan fingerprint density at radius 2 is 2.22 bits per heavy atom. The first kappa shape index (κ1) is 12.9. The van der Waals surface area contributed by atoms with Gasteiger partial charge in [-0.2, -0.15) is 0 Å². The summed E-state index contributed by atoms with van der Waals surface area (Å²) in [7, 11) is 1.35. The summed E-state index contributed by atoms with van der Waals surface area (Å²) in [5, 5.41) is 10.5. The van der Waals surface area contributed by atoms with E-state index in [1.807, 2.05) is 13.0 Å². The zero-order chi connectivity index (χ0) is 13.3. The first-order valence-corrected chi connectivity index (χ1v) is 5.94. The molecule has 0 amide bonds. The number of aliphatic hydroxyl groups is 1. The molecule has 0 bridgehead atoms. The van der Waals surface area contributed by atoms with Crippen LogP contribution in [0.4, 0.5) is 0 Å². The van der Waals surface area contributed by atoms with Crippen molar-refractivity contribution < 1.29 is 14.6 Å². The minimum Gasteiger partial charge on any atom is -0.465 e. The van der Waals surface area contributed by atoms with Crippen molar-refractivity contribution in [2.75, 3.05) is 13.7 Å². The number of nitrogens with zero attached hydrogens (tertiary/aromatic N) is 1. The minimum atomic E-state index is -0.390. The highest BCUT2D eigenvalue weighted by molar-refractivity contribution is 6.32. The second kappa shape index (κ2) is 5.00. The van der Waals surface area contributed by atoms with Crippen LogP contribution in [0, 0.1) is 6.92 Å². The summed E-state index contributed by atoms with van der Waals surface area (Å²) < 4.78 is 6.56. The molecule has 1 aromatic carbocycles. The van der Waals surface area contributed by atoms with Crippen molar-refractivity contribution in [3.05, 3.63) is 34.5 Å². The molecule has 1 N–H and O–H groups in total. The molecule has 0 radical (unpaired) electrons. The van der Waals surface area contributed by atoms with Gasteiger partial charge in [-0.05, 0) is 24.6 Å². The lowest BCUT2D eigenvalue weighted by molar-refractivity contribution is 0.0602. The fraction of sp³-hybridized carbons (Fsp3) is 0.308. The van der Waals surface area contributed by atoms with E-state index in [1.165, 1.54) is 7.11 Å². The Hall–Kier alpha value is -1.52. The van der Waals surface area contributed by atoms with Gasteiger partial charge in [-0.1, -0.05) is 11.6 Å². The summed E-state index contributed by atoms with van der Waals surface area (Å²) in [5.41, 5.74) is 2.21. The SMILES string of the molecule is COC(=O)c1cn(CCO)c2cc(Cl)c(C)cc12. The molecule has 0 aliphatic rings. The first-order valence-electron chi connectivity index (χ1n) is 5.56. The molecule has 2 rings (SSSR count). The van der Waals surface area contributed by atoms with Gasteiger partial charge in [0, 0.05) is 23.2 Å². The van der Waals surface area contributed by atoms with E-state index in [0.29, 0.717) is 17.1 Å². The van der Waals surface area contributed by atoms with Crippen LogP contribution in [0.15, 0.2) is 18.3 Å². The average Bonchev–Trinajstić information content (AvgIpc) is 2.68. The predicted molar refractivity (Wildman–Crippen MR) is 70.1 cm³/mol. The number of aryl methyl sites for hydroxylation is 1. The summed E-state index contributed by atoms with van der Waals surface area (Å²) in [6, 6.07) is 3.66. The van der Waals surface area contributed by atoms with Crippen LogP contribution in [-0.2, 0) is 11.3 Å². The number of carbonyl (C=O) groups is 1. The largest absolute Gasteiger partial charge is 0.465 e. The Balaban J connectivity index is 2.72. The number of ether oxygens (including phenoxy) is 1. The van der Waals surface area contributed by atoms with Gasteiger partial charge in [0.1, 0.15) is 0 Å². The van der Waals surface area contributed by atoms with Crippen molar-refractivity contribution in [3.8, 4) is 0 Å². The topological polar surface area (TPSA) is 51.5 Å². The summed E-state index contributed by atoms with van der Waals surface area (Å²) in [5.74, 6) is -0.390. The van der Waals surface area contributed by atoms with E-state index in [-0.39, 0.29) is 6.61 Å². The highest BCUT2D eigenvalue weighted by Gasteiger charge is 2.16. The summed E-state index contributed by atoms with van der Waals surface area (Å²) in [6.07, 6.45) is 1.68. The van der Waals surface area contributed by atoms with Gasteiger partial charge in [-0.15, -0.1) is 0 Å². The lowest BCUT2D eigenvalue weighted by Crippen LogP contribution is -2.02. The Bertz CT molecular complexity index is 604. The van der Waals surface area contributed by atoms with Gasteiger partial charge in [0.25, 0.3) is 0 Å². The van der Waals surface area contributed by atoms with Gasteiger partial charge in [0.2, 0.25) is 0 Å². The molecule has 1 heterocycles. The van der Waals surface area contributed by atoms with Crippen molar-refractivity contribution in [2.24, 2.45) is 0 Å². The number of hydrogen-bond donors (Lipinski definition) is 1. The first-order chi connectivity index (χ1) is 8.58. The zero-order valence-electron chi connectivity index (χ0n) is 10.2. The number of fused-ring (bicyclic) bond motifs is 1. The van der Waals surface area contributed by atoms with E-state index in [4.69, 9.17) is 21.4 Å². The summed E-state index contributed by atoms with van der Waals surface area (Å²) in [6.45, 7) is 2.29. The van der Waals surface area contributed by atoms with Crippen LogP contribution < -0.4 is 0 Å². The normalized spacial score (nSPS) is 10.9. The van der Waals surface area contributed by atoms with E-state index >= 15 is 0 Å². The molecular weight excluding hydrogens is 254 g/mol. The van der Waals surface area contributed by atoms with Gasteiger partial charge in [0.05, 0.1) is 24.8 Å². The van der Waals surface area contributed by atoms with Gasteiger partial charge in [-0.3, -0.25) is 0 Å². The lowest BCUT2D eigenvalue weighted by atomic mass is 10.1. The summed E-state index contributed by atoms with van der Waals surface area (Å²) in [4.78, 5) is 11.7. The molecule has 0 saturated heterocycles. The molecular formula is C13H14ClNO3. The molecule has 0 aliphatic carbocycles. The number of esters is 1. The number of aromatic nitrogens is 1. The van der Waals surface area contributed by atoms with E-state index in [9.17, 15) is 4.79 Å². The fourth-order valence-electron chi connectivity index (χ4n) is 1.98. The number of hydrogen-bond acceptors (Lipinski definition) is 3. The highest BCUT2D eigenvalue weighted by atomic mass is 35.5. The number of rotatable bonds is 3. The molecule has 18 heavy (non-hydrogen) atoms. The second-order valence-corrected chi connectivity index (χ2v) is 4.48. The van der Waals surface area contributed by atoms with E-state index in [0.717, 1.165) is 16.5 Å². The molecule has 0 atom stereocenters. The van der Waals surface area contributed by atoms with Crippen molar-refractivity contribution in [1.29, 1.82) is 0 Å². The predicted octanol–water partition coefficient (Wildman–Crippen LogP) is 2.38. The highest BCUT2D eigenvalue weighted by Crippen LogP contribution is 2.28. The van der Waals surface area contributed by atoms with E-state index < -0.39 is 5.97 Å². The van der Waals surface area contributed by atoms with Crippen LogP contribution in [-0.4, -0.2) is 29.4 Å². The van der Waals surface area contributed by atoms with Crippen molar-refractivity contribution in [3.63, 3.8) is 0 Å². The molecule has 96 valence electrons. The number of carbonyl (C=O) groups excluding carboxylic acids is 1. The third-order valence-corrected chi connectivity index (χ3v) is 3.31. The Labute approximate surface area is 110 Å². The second-order valence-electron chi connectivity index (χ2n) is 4.07. The maximum atomic E-state index is 11.7. The monoisotopic (exact) mass is 267 g/mol. The molecule has 1 aromatic heterocycles. The Morgan fingerprint density at radius 1 is 1.50 bits per heavy atom. The van der Waals surface area contributed by atoms with Gasteiger partial charge >= 0.3 is 5.97 Å². The number of methoxy groups -OCH3 is 1. The third-order valence-electron chi connectivity index (χ3n) is 2.91. The van der Waals surface area contributed by atoms with Crippen LogP contribution in [0.5, 0.6) is 0 Å². The number of benzene rings is 1. The fourth-order valence-corrected chi connectivity index (χ4v) is 2.14. The Kier molecular flexibility index (Phi) is 3.59. The van der Waals surface area contributed by atoms with Crippen LogP contribution in [0.3, 0.4) is 0 Å². The summed E-state index contributed by atoms with van der Waals surface area (Å²) >= 11 is 6.09. The van der Waals surface area contributed by atoms with E-state index in [2.05, 4.69) is 0 Å². The van der Waals surface area contributed by atoms with Gasteiger partial charge in [-0.25, -0.2) is 4.79 Å². The smallest absolute Gasteiger partial charge is 0.340 e. The molecule has 0 aliphatic heterocycles. The van der Waals surface area contributed by atoms with Crippen molar-refractivity contribution >= 4 is 28.5 Å². The van der Waals surface area contributed by atoms with Crippen molar-refractivity contribution in [1.82, 2.24) is 4.57 Å². The third kappa shape index (κ3) is 2.09. The molecule has 2 aromatic rings. The van der Waals surface area contributed by atoms with E-state index in [1.54, 1.807) is 16.8 Å². The molecule has 5 heteroatoms. The molecule has 0 fully saturated rings. The Morgan fingerprint density at radius 3 is 2.83 bits per heavy atom. The molecule has 0 unspecified atom stereocenters. The van der Waals surface area contributed by atoms with Crippen LogP contribution in [0.1, 0.15) is 15.9 Å². The zero-order valence-corrected chi connectivity index (χ0v) is 11.0.